The Labute approximate surface area is 78.8 Å². The molecule has 0 saturated carbocycles. The Morgan fingerprint density at radius 2 is 1.75 bits per heavy atom. The first-order chi connectivity index (χ1) is 5.72. The maximum atomic E-state index is 10.4. The van der Waals surface area contributed by atoms with Crippen molar-refractivity contribution in [3.8, 4) is 0 Å². The smallest absolute Gasteiger partial charge is 0.157 e. The summed E-state index contributed by atoms with van der Waals surface area (Å²) in [5, 5.41) is 0. The van der Waals surface area contributed by atoms with Crippen molar-refractivity contribution in [2.75, 3.05) is 0 Å². The summed E-state index contributed by atoms with van der Waals surface area (Å²) in [5.41, 5.74) is 1.87. The molecule has 0 saturated heterocycles. The fourth-order valence-electron chi connectivity index (χ4n) is 0.867. The van der Waals surface area contributed by atoms with E-state index in [2.05, 4.69) is 0 Å². The third-order valence-corrected chi connectivity index (χ3v) is 2.36. The molecule has 1 N–H and O–H groups in total. The normalized spacial score (nSPS) is 12.8. The van der Waals surface area contributed by atoms with E-state index < -0.39 is 11.1 Å². The molecule has 0 bridgehead atoms. The standard InChI is InChI=1S/C8H9ClO2S/c9-5-7-1-3-8(4-2-7)6-12(10)11/h1-4H,5-6H2,(H,10,11). The molecule has 0 aliphatic rings. The predicted octanol–water partition coefficient (Wildman–Crippen LogP) is 2.15. The first-order valence-corrected chi connectivity index (χ1v) is 5.24. The first-order valence-electron chi connectivity index (χ1n) is 3.43. The second-order valence-electron chi connectivity index (χ2n) is 2.42. The first kappa shape index (κ1) is 9.71. The van der Waals surface area contributed by atoms with Gasteiger partial charge in [0.15, 0.2) is 11.1 Å². The molecule has 0 aliphatic heterocycles. The van der Waals surface area contributed by atoms with Crippen LogP contribution < -0.4 is 0 Å². The van der Waals surface area contributed by atoms with Gasteiger partial charge in [-0.1, -0.05) is 24.3 Å². The molecule has 1 unspecified atom stereocenters. The fourth-order valence-corrected chi connectivity index (χ4v) is 1.52. The Morgan fingerprint density at radius 3 is 2.17 bits per heavy atom. The molecule has 1 aromatic rings. The molecular formula is C8H9ClO2S. The van der Waals surface area contributed by atoms with Crippen LogP contribution in [-0.2, 0) is 22.7 Å². The van der Waals surface area contributed by atoms with Gasteiger partial charge in [-0.3, -0.25) is 0 Å². The lowest BCUT2D eigenvalue weighted by molar-refractivity contribution is 0.563. The van der Waals surface area contributed by atoms with Crippen LogP contribution in [0.2, 0.25) is 0 Å². The highest BCUT2D eigenvalue weighted by atomic mass is 35.5. The molecule has 12 heavy (non-hydrogen) atoms. The van der Waals surface area contributed by atoms with E-state index in [-0.39, 0.29) is 5.75 Å². The summed E-state index contributed by atoms with van der Waals surface area (Å²) < 4.78 is 19.0. The Balaban J connectivity index is 2.71. The largest absolute Gasteiger partial charge is 0.306 e. The molecule has 0 amide bonds. The molecule has 0 radical (unpaired) electrons. The molecule has 1 atom stereocenters. The Morgan fingerprint density at radius 1 is 1.25 bits per heavy atom. The van der Waals surface area contributed by atoms with E-state index in [1.807, 2.05) is 24.3 Å². The van der Waals surface area contributed by atoms with Crippen LogP contribution in [0.25, 0.3) is 0 Å². The highest BCUT2D eigenvalue weighted by Crippen LogP contribution is 2.07. The van der Waals surface area contributed by atoms with E-state index in [4.69, 9.17) is 16.2 Å². The van der Waals surface area contributed by atoms with Crippen molar-refractivity contribution in [3.05, 3.63) is 35.4 Å². The zero-order valence-corrected chi connectivity index (χ0v) is 7.94. The number of rotatable bonds is 3. The van der Waals surface area contributed by atoms with Gasteiger partial charge in [0, 0.05) is 5.88 Å². The van der Waals surface area contributed by atoms with E-state index in [0.29, 0.717) is 5.88 Å². The molecule has 0 spiro atoms. The van der Waals surface area contributed by atoms with Crippen LogP contribution in [0.5, 0.6) is 0 Å². The average molecular weight is 205 g/mol. The lowest BCUT2D eigenvalue weighted by Gasteiger charge is -1.98. The van der Waals surface area contributed by atoms with Gasteiger partial charge < -0.3 is 4.55 Å². The number of alkyl halides is 1. The summed E-state index contributed by atoms with van der Waals surface area (Å²) in [6.07, 6.45) is 0. The van der Waals surface area contributed by atoms with Crippen LogP contribution in [0, 0.1) is 0 Å². The maximum absolute atomic E-state index is 10.4. The van der Waals surface area contributed by atoms with Crippen molar-refractivity contribution in [2.24, 2.45) is 0 Å². The SMILES string of the molecule is O=S(O)Cc1ccc(CCl)cc1. The van der Waals surface area contributed by atoms with Crippen LogP contribution in [0.15, 0.2) is 24.3 Å². The molecule has 0 heterocycles. The third kappa shape index (κ3) is 2.93. The van der Waals surface area contributed by atoms with E-state index >= 15 is 0 Å². The zero-order valence-electron chi connectivity index (χ0n) is 6.37. The monoisotopic (exact) mass is 204 g/mol. The van der Waals surface area contributed by atoms with E-state index in [9.17, 15) is 4.21 Å². The second-order valence-corrected chi connectivity index (χ2v) is 3.61. The topological polar surface area (TPSA) is 37.3 Å². The highest BCUT2D eigenvalue weighted by Gasteiger charge is 1.97. The molecule has 0 aliphatic carbocycles. The van der Waals surface area contributed by atoms with Gasteiger partial charge in [0.05, 0.1) is 5.75 Å². The van der Waals surface area contributed by atoms with Crippen LogP contribution in [0.1, 0.15) is 11.1 Å². The van der Waals surface area contributed by atoms with Crippen LogP contribution in [-0.4, -0.2) is 8.76 Å². The van der Waals surface area contributed by atoms with E-state index in [1.165, 1.54) is 0 Å². The summed E-state index contributed by atoms with van der Waals surface area (Å²) in [6.45, 7) is 0. The summed E-state index contributed by atoms with van der Waals surface area (Å²) in [4.78, 5) is 0. The third-order valence-electron chi connectivity index (χ3n) is 1.47. The van der Waals surface area contributed by atoms with Crippen molar-refractivity contribution in [1.29, 1.82) is 0 Å². The second kappa shape index (κ2) is 4.60. The van der Waals surface area contributed by atoms with Crippen LogP contribution >= 0.6 is 11.6 Å². The van der Waals surface area contributed by atoms with Crippen LogP contribution in [0.3, 0.4) is 0 Å². The minimum absolute atomic E-state index is 0.183. The summed E-state index contributed by atoms with van der Waals surface area (Å²) >= 11 is 3.82. The minimum atomic E-state index is -1.76. The average Bonchev–Trinajstić information content (AvgIpc) is 2.05. The van der Waals surface area contributed by atoms with E-state index in [0.717, 1.165) is 11.1 Å². The molecule has 4 heteroatoms. The zero-order chi connectivity index (χ0) is 8.97. The lowest BCUT2D eigenvalue weighted by Crippen LogP contribution is -1.92. The number of hydrogen-bond acceptors (Lipinski definition) is 1. The number of hydrogen-bond donors (Lipinski definition) is 1. The Bertz CT molecular complexity index is 271. The summed E-state index contributed by atoms with van der Waals surface area (Å²) in [5.74, 6) is 0.658. The lowest BCUT2D eigenvalue weighted by atomic mass is 10.2. The predicted molar refractivity (Wildman–Crippen MR) is 50.5 cm³/mol. The van der Waals surface area contributed by atoms with Crippen molar-refractivity contribution in [1.82, 2.24) is 0 Å². The summed E-state index contributed by atoms with van der Waals surface area (Å²) in [7, 11) is 0. The summed E-state index contributed by atoms with van der Waals surface area (Å²) in [6, 6.07) is 7.34. The fraction of sp³-hybridized carbons (Fsp3) is 0.250. The minimum Gasteiger partial charge on any atom is -0.306 e. The molecule has 2 nitrogen and oxygen atoms in total. The Hall–Kier alpha value is -0.380. The van der Waals surface area contributed by atoms with Crippen molar-refractivity contribution >= 4 is 22.7 Å². The van der Waals surface area contributed by atoms with Gasteiger partial charge in [-0.15, -0.1) is 11.6 Å². The van der Waals surface area contributed by atoms with Gasteiger partial charge in [-0.05, 0) is 11.1 Å². The molecule has 0 fully saturated rings. The van der Waals surface area contributed by atoms with Crippen LogP contribution in [0.4, 0.5) is 0 Å². The quantitative estimate of drug-likeness (QED) is 0.605. The molecule has 1 aromatic carbocycles. The van der Waals surface area contributed by atoms with Gasteiger partial charge in [-0.2, -0.15) is 0 Å². The maximum Gasteiger partial charge on any atom is 0.157 e. The molecule has 0 aromatic heterocycles. The molecular weight excluding hydrogens is 196 g/mol. The highest BCUT2D eigenvalue weighted by molar-refractivity contribution is 7.78. The van der Waals surface area contributed by atoms with Crippen molar-refractivity contribution < 1.29 is 8.76 Å². The Kier molecular flexibility index (Phi) is 3.72. The van der Waals surface area contributed by atoms with E-state index in [1.54, 1.807) is 0 Å². The van der Waals surface area contributed by atoms with Gasteiger partial charge in [-0.25, -0.2) is 4.21 Å². The van der Waals surface area contributed by atoms with Crippen molar-refractivity contribution in [2.45, 2.75) is 11.6 Å². The molecule has 1 rings (SSSR count). The van der Waals surface area contributed by atoms with Gasteiger partial charge in [0.2, 0.25) is 0 Å². The van der Waals surface area contributed by atoms with Crippen molar-refractivity contribution in [3.63, 3.8) is 0 Å². The number of benzene rings is 1. The van der Waals surface area contributed by atoms with Gasteiger partial charge in [0.25, 0.3) is 0 Å². The van der Waals surface area contributed by atoms with Gasteiger partial charge in [0.1, 0.15) is 0 Å². The van der Waals surface area contributed by atoms with Gasteiger partial charge >= 0.3 is 0 Å². The number of halogens is 1. The molecule has 66 valence electrons.